The van der Waals surface area contributed by atoms with Gasteiger partial charge < -0.3 is 9.84 Å². The topological polar surface area (TPSA) is 46.5 Å². The minimum absolute atomic E-state index is 0.187. The molecule has 0 saturated heterocycles. The molecule has 1 aromatic carbocycles. The van der Waals surface area contributed by atoms with Crippen molar-refractivity contribution >= 4 is 28.9 Å². The van der Waals surface area contributed by atoms with E-state index in [1.165, 1.54) is 17.0 Å². The SMILES string of the molecule is O=C(O)c1ccc(COCCc2cccs2)c(Cl)c1. The van der Waals surface area contributed by atoms with E-state index < -0.39 is 5.97 Å². The summed E-state index contributed by atoms with van der Waals surface area (Å²) < 4.78 is 5.55. The maximum absolute atomic E-state index is 10.8. The lowest BCUT2D eigenvalue weighted by atomic mass is 10.1. The fourth-order valence-corrected chi connectivity index (χ4v) is 2.53. The van der Waals surface area contributed by atoms with E-state index >= 15 is 0 Å². The summed E-state index contributed by atoms with van der Waals surface area (Å²) in [4.78, 5) is 12.1. The fourth-order valence-electron chi connectivity index (χ4n) is 1.61. The first-order valence-electron chi connectivity index (χ1n) is 5.78. The highest BCUT2D eigenvalue weighted by Crippen LogP contribution is 2.19. The third kappa shape index (κ3) is 4.06. The summed E-state index contributed by atoms with van der Waals surface area (Å²) in [5.41, 5.74) is 0.991. The van der Waals surface area contributed by atoms with Crippen molar-refractivity contribution in [2.24, 2.45) is 0 Å². The summed E-state index contributed by atoms with van der Waals surface area (Å²) >= 11 is 7.72. The number of carboxylic acids is 1. The van der Waals surface area contributed by atoms with Gasteiger partial charge in [0.15, 0.2) is 0 Å². The van der Waals surface area contributed by atoms with Crippen LogP contribution in [0.15, 0.2) is 35.7 Å². The quantitative estimate of drug-likeness (QED) is 0.823. The summed E-state index contributed by atoms with van der Waals surface area (Å²) in [6.07, 6.45) is 0.877. The second-order valence-corrected chi connectivity index (χ2v) is 5.43. The van der Waals surface area contributed by atoms with Crippen molar-refractivity contribution in [3.63, 3.8) is 0 Å². The van der Waals surface area contributed by atoms with Crippen LogP contribution in [0.3, 0.4) is 0 Å². The Labute approximate surface area is 120 Å². The Hall–Kier alpha value is -1.36. The Balaban J connectivity index is 1.84. The molecule has 0 atom stereocenters. The van der Waals surface area contributed by atoms with Crippen LogP contribution in [0, 0.1) is 0 Å². The third-order valence-electron chi connectivity index (χ3n) is 2.63. The summed E-state index contributed by atoms with van der Waals surface area (Å²) in [5.74, 6) is -0.980. The summed E-state index contributed by atoms with van der Waals surface area (Å²) in [5, 5.41) is 11.3. The van der Waals surface area contributed by atoms with Crippen molar-refractivity contribution in [1.29, 1.82) is 0 Å². The number of benzene rings is 1. The number of aromatic carboxylic acids is 1. The average Bonchev–Trinajstić information content (AvgIpc) is 2.89. The van der Waals surface area contributed by atoms with Gasteiger partial charge in [-0.1, -0.05) is 23.7 Å². The number of rotatable bonds is 6. The summed E-state index contributed by atoms with van der Waals surface area (Å²) in [6, 6.07) is 8.76. The molecule has 0 amide bonds. The van der Waals surface area contributed by atoms with Crippen LogP contribution >= 0.6 is 22.9 Å². The molecular weight excluding hydrogens is 284 g/mol. The molecule has 0 spiro atoms. The molecule has 5 heteroatoms. The largest absolute Gasteiger partial charge is 0.478 e. The van der Waals surface area contributed by atoms with Crippen LogP contribution in [0.5, 0.6) is 0 Å². The normalized spacial score (nSPS) is 10.6. The van der Waals surface area contributed by atoms with E-state index in [2.05, 4.69) is 6.07 Å². The van der Waals surface area contributed by atoms with Crippen molar-refractivity contribution in [1.82, 2.24) is 0 Å². The maximum atomic E-state index is 10.8. The molecule has 1 heterocycles. The van der Waals surface area contributed by atoms with Crippen molar-refractivity contribution in [2.45, 2.75) is 13.0 Å². The molecule has 0 aliphatic rings. The maximum Gasteiger partial charge on any atom is 0.335 e. The predicted molar refractivity (Wildman–Crippen MR) is 76.1 cm³/mol. The van der Waals surface area contributed by atoms with E-state index in [-0.39, 0.29) is 5.56 Å². The molecule has 1 aromatic heterocycles. The van der Waals surface area contributed by atoms with Gasteiger partial charge in [-0.2, -0.15) is 0 Å². The zero-order valence-electron chi connectivity index (χ0n) is 10.1. The minimum Gasteiger partial charge on any atom is -0.478 e. The monoisotopic (exact) mass is 296 g/mol. The zero-order valence-corrected chi connectivity index (χ0v) is 11.7. The standard InChI is InChI=1S/C14H13ClO3S/c15-13-8-10(14(16)17)3-4-11(13)9-18-6-5-12-2-1-7-19-12/h1-4,7-8H,5-6,9H2,(H,16,17). The average molecular weight is 297 g/mol. The Morgan fingerprint density at radius 1 is 1.37 bits per heavy atom. The molecule has 19 heavy (non-hydrogen) atoms. The van der Waals surface area contributed by atoms with Crippen LogP contribution in [0.1, 0.15) is 20.8 Å². The van der Waals surface area contributed by atoms with Gasteiger partial charge in [0, 0.05) is 16.3 Å². The van der Waals surface area contributed by atoms with E-state index in [0.29, 0.717) is 18.2 Å². The van der Waals surface area contributed by atoms with E-state index in [9.17, 15) is 4.79 Å². The molecule has 1 N–H and O–H groups in total. The predicted octanol–water partition coefficient (Wildman–Crippen LogP) is 3.86. The van der Waals surface area contributed by atoms with Crippen molar-refractivity contribution in [2.75, 3.05) is 6.61 Å². The number of halogens is 1. The van der Waals surface area contributed by atoms with Crippen molar-refractivity contribution < 1.29 is 14.6 Å². The van der Waals surface area contributed by atoms with Gasteiger partial charge in [0.1, 0.15) is 0 Å². The second kappa shape index (κ2) is 6.70. The molecule has 0 unspecified atom stereocenters. The zero-order chi connectivity index (χ0) is 13.7. The molecule has 0 saturated carbocycles. The highest BCUT2D eigenvalue weighted by molar-refractivity contribution is 7.09. The van der Waals surface area contributed by atoms with E-state index in [1.807, 2.05) is 11.4 Å². The van der Waals surface area contributed by atoms with Crippen LogP contribution < -0.4 is 0 Å². The molecule has 0 fully saturated rings. The molecule has 2 aromatic rings. The lowest BCUT2D eigenvalue weighted by molar-refractivity contribution is 0.0696. The highest BCUT2D eigenvalue weighted by Gasteiger charge is 2.07. The lowest BCUT2D eigenvalue weighted by Gasteiger charge is -2.06. The number of ether oxygens (including phenoxy) is 1. The Bertz CT molecular complexity index is 552. The van der Waals surface area contributed by atoms with Gasteiger partial charge in [-0.3, -0.25) is 0 Å². The first-order chi connectivity index (χ1) is 9.16. The number of hydrogen-bond donors (Lipinski definition) is 1. The number of carbonyl (C=O) groups is 1. The van der Waals surface area contributed by atoms with E-state index in [0.717, 1.165) is 12.0 Å². The van der Waals surface area contributed by atoms with Gasteiger partial charge >= 0.3 is 5.97 Å². The fraction of sp³-hybridized carbons (Fsp3) is 0.214. The molecule has 3 nitrogen and oxygen atoms in total. The Morgan fingerprint density at radius 3 is 2.84 bits per heavy atom. The number of thiophene rings is 1. The lowest BCUT2D eigenvalue weighted by Crippen LogP contribution is -2.01. The summed E-state index contributed by atoms with van der Waals surface area (Å²) in [7, 11) is 0. The van der Waals surface area contributed by atoms with Crippen molar-refractivity contribution in [3.05, 3.63) is 56.7 Å². The Morgan fingerprint density at radius 2 is 2.21 bits per heavy atom. The number of hydrogen-bond acceptors (Lipinski definition) is 3. The molecule has 2 rings (SSSR count). The molecule has 100 valence electrons. The third-order valence-corrected chi connectivity index (χ3v) is 3.92. The summed E-state index contributed by atoms with van der Waals surface area (Å²) in [6.45, 7) is 1.02. The van der Waals surface area contributed by atoms with Gasteiger partial charge in [0.25, 0.3) is 0 Å². The molecular formula is C14H13ClO3S. The van der Waals surface area contributed by atoms with Gasteiger partial charge in [0.2, 0.25) is 0 Å². The van der Waals surface area contributed by atoms with Crippen molar-refractivity contribution in [3.8, 4) is 0 Å². The molecule has 0 aliphatic carbocycles. The molecule has 0 bridgehead atoms. The molecule has 0 radical (unpaired) electrons. The van der Waals surface area contributed by atoms with Gasteiger partial charge in [-0.05, 0) is 29.1 Å². The van der Waals surface area contributed by atoms with Gasteiger partial charge in [-0.25, -0.2) is 4.79 Å². The Kier molecular flexibility index (Phi) is 4.96. The molecule has 0 aliphatic heterocycles. The van der Waals surface area contributed by atoms with Gasteiger partial charge in [0.05, 0.1) is 18.8 Å². The number of carboxylic acid groups (broad SMARTS) is 1. The van der Waals surface area contributed by atoms with Gasteiger partial charge in [-0.15, -0.1) is 11.3 Å². The smallest absolute Gasteiger partial charge is 0.335 e. The first kappa shape index (κ1) is 14.1. The van der Waals surface area contributed by atoms with Crippen LogP contribution in [-0.4, -0.2) is 17.7 Å². The van der Waals surface area contributed by atoms with E-state index in [1.54, 1.807) is 17.4 Å². The van der Waals surface area contributed by atoms with E-state index in [4.69, 9.17) is 21.4 Å². The van der Waals surface area contributed by atoms with Crippen LogP contribution in [-0.2, 0) is 17.8 Å². The first-order valence-corrected chi connectivity index (χ1v) is 7.04. The minimum atomic E-state index is -0.980. The van der Waals surface area contributed by atoms with Crippen LogP contribution in [0.2, 0.25) is 5.02 Å². The second-order valence-electron chi connectivity index (χ2n) is 3.99. The highest BCUT2D eigenvalue weighted by atomic mass is 35.5. The van der Waals surface area contributed by atoms with Crippen LogP contribution in [0.25, 0.3) is 0 Å². The van der Waals surface area contributed by atoms with Crippen LogP contribution in [0.4, 0.5) is 0 Å².